The number of thiazole rings is 1. The summed E-state index contributed by atoms with van der Waals surface area (Å²) in [5, 5.41) is 17.7. The fourth-order valence-electron chi connectivity index (χ4n) is 4.26. The van der Waals surface area contributed by atoms with Crippen molar-refractivity contribution in [2.24, 2.45) is 5.41 Å². The summed E-state index contributed by atoms with van der Waals surface area (Å²) in [6.45, 7) is 6.12. The van der Waals surface area contributed by atoms with Crippen LogP contribution in [0.4, 0.5) is 17.1 Å². The molecule has 3 N–H and O–H groups in total. The van der Waals surface area contributed by atoms with Crippen LogP contribution in [0.15, 0.2) is 21.9 Å². The molecule has 10 heteroatoms. The lowest BCUT2D eigenvalue weighted by Gasteiger charge is -2.45. The minimum atomic E-state index is -0.683. The van der Waals surface area contributed by atoms with E-state index >= 15 is 0 Å². The van der Waals surface area contributed by atoms with Gasteiger partial charge in [0.1, 0.15) is 11.4 Å². The molecule has 2 heterocycles. The summed E-state index contributed by atoms with van der Waals surface area (Å²) >= 11 is 1.60. The van der Waals surface area contributed by atoms with Crippen molar-refractivity contribution in [1.29, 1.82) is 0 Å². The Morgan fingerprint density at radius 1 is 1.21 bits per heavy atom. The zero-order chi connectivity index (χ0) is 24.1. The van der Waals surface area contributed by atoms with Crippen LogP contribution in [0.3, 0.4) is 0 Å². The first-order valence-electron chi connectivity index (χ1n) is 10.7. The Bertz CT molecular complexity index is 1300. The topological polar surface area (TPSA) is 125 Å². The molecule has 174 valence electrons. The average molecular weight is 470 g/mol. The summed E-state index contributed by atoms with van der Waals surface area (Å²) in [5.74, 6) is -0.865. The molecule has 1 aromatic carbocycles. The predicted molar refractivity (Wildman–Crippen MR) is 128 cm³/mol. The third kappa shape index (κ3) is 3.88. The van der Waals surface area contributed by atoms with Crippen LogP contribution in [-0.2, 0) is 0 Å². The van der Waals surface area contributed by atoms with Gasteiger partial charge in [0.2, 0.25) is 0 Å². The second-order valence-electron chi connectivity index (χ2n) is 9.05. The molecule has 1 saturated carbocycles. The van der Waals surface area contributed by atoms with E-state index in [2.05, 4.69) is 22.5 Å². The molecule has 1 atom stereocenters. The first kappa shape index (κ1) is 22.9. The van der Waals surface area contributed by atoms with Gasteiger partial charge in [-0.25, -0.2) is 9.97 Å². The molecule has 2 aromatic heterocycles. The lowest BCUT2D eigenvalue weighted by Crippen LogP contribution is -2.43. The number of nitrogens with zero attached hydrogens (tertiary/aromatic N) is 3. The molecule has 1 aliphatic carbocycles. The van der Waals surface area contributed by atoms with Crippen molar-refractivity contribution >= 4 is 34.3 Å². The van der Waals surface area contributed by atoms with Gasteiger partial charge in [0.25, 0.3) is 16.8 Å². The molecule has 3 aromatic rings. The van der Waals surface area contributed by atoms with E-state index in [0.717, 1.165) is 34.8 Å². The van der Waals surface area contributed by atoms with Gasteiger partial charge in [-0.2, -0.15) is 0 Å². The zero-order valence-corrected chi connectivity index (χ0v) is 20.1. The van der Waals surface area contributed by atoms with Crippen LogP contribution in [0.25, 0.3) is 0 Å². The molecule has 1 amide bonds. The van der Waals surface area contributed by atoms with Crippen LogP contribution in [0.2, 0.25) is 0 Å². The number of nitrogens with one attached hydrogen (secondary N) is 2. The third-order valence-corrected chi connectivity index (χ3v) is 7.30. The Balaban J connectivity index is 1.69. The maximum atomic E-state index is 12.5. The molecule has 0 spiro atoms. The van der Waals surface area contributed by atoms with Gasteiger partial charge in [0.05, 0.1) is 22.4 Å². The molecular formula is C23H27N5O4S. The molecule has 0 saturated heterocycles. The first-order valence-corrected chi connectivity index (χ1v) is 11.6. The highest BCUT2D eigenvalue weighted by molar-refractivity contribution is 7.11. The molecule has 0 radical (unpaired) electrons. The Morgan fingerprint density at radius 3 is 2.42 bits per heavy atom. The van der Waals surface area contributed by atoms with Crippen molar-refractivity contribution in [3.63, 3.8) is 0 Å². The first-order chi connectivity index (χ1) is 15.5. The van der Waals surface area contributed by atoms with Gasteiger partial charge in [-0.1, -0.05) is 13.3 Å². The van der Waals surface area contributed by atoms with Gasteiger partial charge in [-0.15, -0.1) is 11.3 Å². The fourth-order valence-corrected chi connectivity index (χ4v) is 5.11. The van der Waals surface area contributed by atoms with Crippen LogP contribution in [0.1, 0.15) is 58.3 Å². The summed E-state index contributed by atoms with van der Waals surface area (Å²) in [6, 6.07) is 1.22. The van der Waals surface area contributed by atoms with Gasteiger partial charge < -0.3 is 20.6 Å². The van der Waals surface area contributed by atoms with Crippen molar-refractivity contribution in [3.05, 3.63) is 54.0 Å². The second kappa shape index (κ2) is 8.26. The highest BCUT2D eigenvalue weighted by Crippen LogP contribution is 2.52. The number of carbonyl (C=O) groups excluding carboxylic acids is 1. The van der Waals surface area contributed by atoms with E-state index in [1.807, 2.05) is 13.8 Å². The maximum absolute atomic E-state index is 12.5. The number of anilines is 3. The second-order valence-corrected chi connectivity index (χ2v) is 10.5. The maximum Gasteiger partial charge on any atom is 0.275 e. The van der Waals surface area contributed by atoms with Crippen molar-refractivity contribution in [2.75, 3.05) is 24.7 Å². The summed E-state index contributed by atoms with van der Waals surface area (Å²) in [6.07, 6.45) is 4.43. The Kier molecular flexibility index (Phi) is 5.73. The number of hydrogen-bond acceptors (Lipinski definition) is 9. The molecular weight excluding hydrogens is 442 g/mol. The van der Waals surface area contributed by atoms with E-state index in [0.29, 0.717) is 0 Å². The van der Waals surface area contributed by atoms with Crippen molar-refractivity contribution < 1.29 is 9.90 Å². The number of aryl methyl sites for hydroxylation is 2. The monoisotopic (exact) mass is 469 g/mol. The van der Waals surface area contributed by atoms with Crippen LogP contribution in [0.5, 0.6) is 5.75 Å². The van der Waals surface area contributed by atoms with E-state index in [9.17, 15) is 19.5 Å². The average Bonchev–Trinajstić information content (AvgIpc) is 3.09. The summed E-state index contributed by atoms with van der Waals surface area (Å²) in [7, 11) is 3.09. The molecule has 9 nitrogen and oxygen atoms in total. The highest BCUT2D eigenvalue weighted by Gasteiger charge is 2.43. The van der Waals surface area contributed by atoms with E-state index in [1.165, 1.54) is 17.2 Å². The van der Waals surface area contributed by atoms with Gasteiger partial charge in [0.15, 0.2) is 11.4 Å². The largest absolute Gasteiger partial charge is 0.504 e. The van der Waals surface area contributed by atoms with Crippen LogP contribution in [0, 0.1) is 19.3 Å². The Hall–Kier alpha value is -3.27. The van der Waals surface area contributed by atoms with Gasteiger partial charge in [-0.3, -0.25) is 14.4 Å². The highest BCUT2D eigenvalue weighted by atomic mass is 32.1. The van der Waals surface area contributed by atoms with Crippen molar-refractivity contribution in [2.45, 2.75) is 46.1 Å². The van der Waals surface area contributed by atoms with Gasteiger partial charge >= 0.3 is 0 Å². The molecule has 0 bridgehead atoms. The number of aromatic nitrogens is 2. The summed E-state index contributed by atoms with van der Waals surface area (Å²) in [5.41, 5.74) is -0.298. The SMILES string of the molecule is Cc1nc(C(Nc2c(Nc3ccnc(C(=O)N(C)C)c3O)c(=O)c2=O)C2(C)CCC2)c(C)s1. The lowest BCUT2D eigenvalue weighted by molar-refractivity contribution is 0.0819. The van der Waals surface area contributed by atoms with E-state index in [1.54, 1.807) is 25.4 Å². The van der Waals surface area contributed by atoms with Crippen molar-refractivity contribution in [3.8, 4) is 5.75 Å². The minimum Gasteiger partial charge on any atom is -0.504 e. The van der Waals surface area contributed by atoms with Crippen molar-refractivity contribution in [1.82, 2.24) is 14.9 Å². The number of rotatable bonds is 7. The van der Waals surface area contributed by atoms with E-state index in [-0.39, 0.29) is 40.0 Å². The van der Waals surface area contributed by atoms with E-state index in [4.69, 9.17) is 4.98 Å². The number of amides is 1. The molecule has 33 heavy (non-hydrogen) atoms. The predicted octanol–water partition coefficient (Wildman–Crippen LogP) is 3.25. The molecule has 4 rings (SSSR count). The fraction of sp³-hybridized carbons (Fsp3) is 0.435. The van der Waals surface area contributed by atoms with Crippen LogP contribution >= 0.6 is 11.3 Å². The minimum absolute atomic E-state index is 0.0577. The lowest BCUT2D eigenvalue weighted by atomic mass is 9.64. The normalized spacial score (nSPS) is 15.7. The third-order valence-electron chi connectivity index (χ3n) is 6.40. The van der Waals surface area contributed by atoms with Crippen LogP contribution < -0.4 is 21.5 Å². The van der Waals surface area contributed by atoms with Crippen LogP contribution in [-0.4, -0.2) is 40.0 Å². The Labute approximate surface area is 195 Å². The number of pyridine rings is 1. The van der Waals surface area contributed by atoms with Gasteiger partial charge in [-0.05, 0) is 38.2 Å². The van der Waals surface area contributed by atoms with E-state index < -0.39 is 16.8 Å². The number of hydrogen-bond donors (Lipinski definition) is 3. The summed E-state index contributed by atoms with van der Waals surface area (Å²) in [4.78, 5) is 48.3. The molecule has 1 unspecified atom stereocenters. The molecule has 1 aliphatic rings. The standard InChI is InChI=1S/C23H27N5O4S/c1-11-14(25-12(2)33-11)21(23(3)8-6-9-23)27-16-15(19(30)20(16)31)26-13-7-10-24-17(18(13)29)22(32)28(4)5/h7,10,21,27,29H,6,8-9H2,1-5H3,(H,24,26). The summed E-state index contributed by atoms with van der Waals surface area (Å²) < 4.78 is 0. The zero-order valence-electron chi connectivity index (χ0n) is 19.3. The molecule has 1 fully saturated rings. The quantitative estimate of drug-likeness (QED) is 0.451. The number of aromatic hydroxyl groups is 1. The Morgan fingerprint density at radius 2 is 1.88 bits per heavy atom. The van der Waals surface area contributed by atoms with Gasteiger partial charge in [0, 0.05) is 25.2 Å². The smallest absolute Gasteiger partial charge is 0.275 e. The number of carbonyl (C=O) groups is 1. The molecule has 0 aliphatic heterocycles.